The molecule has 6 heteroatoms. The fourth-order valence-corrected chi connectivity index (χ4v) is 4.47. The molecule has 1 aromatic heterocycles. The fraction of sp³-hybridized carbons (Fsp3) is 0.0714. The van der Waals surface area contributed by atoms with Crippen LogP contribution in [0.25, 0.3) is 43.7 Å². The molecule has 0 saturated carbocycles. The highest BCUT2D eigenvalue weighted by atomic mass is 16.5. The Bertz CT molecular complexity index is 1830. The molecule has 0 radical (unpaired) electrons. The fourth-order valence-electron chi connectivity index (χ4n) is 4.47. The molecule has 0 unspecified atom stereocenters. The molecule has 6 aromatic rings. The number of aromatic amines is 1. The van der Waals surface area contributed by atoms with Gasteiger partial charge in [-0.3, -0.25) is 9.59 Å². The maximum Gasteiger partial charge on any atom is 0.196 e. The van der Waals surface area contributed by atoms with Crippen LogP contribution in [0.5, 0.6) is 5.75 Å². The van der Waals surface area contributed by atoms with E-state index >= 15 is 0 Å². The summed E-state index contributed by atoms with van der Waals surface area (Å²) in [4.78, 5) is 30.6. The second-order valence-corrected chi connectivity index (χ2v) is 8.18. The number of fused-ring (bicyclic) bond motifs is 5. The first kappa shape index (κ1) is 20.1. The summed E-state index contributed by atoms with van der Waals surface area (Å²) in [5, 5.41) is 4.85. The number of anilines is 1. The smallest absolute Gasteiger partial charge is 0.196 e. The molecule has 0 atom stereocenters. The lowest BCUT2D eigenvalue weighted by Crippen LogP contribution is -2.16. The molecule has 5 aromatic carbocycles. The van der Waals surface area contributed by atoms with Gasteiger partial charge in [-0.1, -0.05) is 48.5 Å². The van der Waals surface area contributed by atoms with Gasteiger partial charge in [0.1, 0.15) is 5.75 Å². The maximum absolute atomic E-state index is 13.6. The zero-order chi connectivity index (χ0) is 23.2. The number of methoxy groups -OCH3 is 1. The van der Waals surface area contributed by atoms with Crippen molar-refractivity contribution in [3.05, 3.63) is 105 Å². The van der Waals surface area contributed by atoms with Gasteiger partial charge in [0.25, 0.3) is 0 Å². The monoisotopic (exact) mass is 448 g/mol. The second-order valence-electron chi connectivity index (χ2n) is 8.18. The third-order valence-electron chi connectivity index (χ3n) is 6.17. The zero-order valence-electron chi connectivity index (χ0n) is 18.3. The highest BCUT2D eigenvalue weighted by Gasteiger charge is 2.19. The van der Waals surface area contributed by atoms with Gasteiger partial charge in [-0.25, -0.2) is 0 Å². The largest absolute Gasteiger partial charge is 0.497 e. The van der Waals surface area contributed by atoms with Gasteiger partial charge in [-0.15, -0.1) is 0 Å². The van der Waals surface area contributed by atoms with Crippen molar-refractivity contribution in [1.29, 1.82) is 0 Å². The van der Waals surface area contributed by atoms with Crippen LogP contribution in [0.2, 0.25) is 0 Å². The normalized spacial score (nSPS) is 11.4. The van der Waals surface area contributed by atoms with Gasteiger partial charge in [0.15, 0.2) is 22.0 Å². The van der Waals surface area contributed by atoms with Gasteiger partial charge in [-0.05, 0) is 29.8 Å². The summed E-state index contributed by atoms with van der Waals surface area (Å²) in [6.45, 7) is 0.461. The zero-order valence-corrected chi connectivity index (χ0v) is 18.3. The van der Waals surface area contributed by atoms with Crippen molar-refractivity contribution < 1.29 is 9.15 Å². The van der Waals surface area contributed by atoms with E-state index in [-0.39, 0.29) is 10.9 Å². The average molecular weight is 448 g/mol. The number of ether oxygens (including phenoxy) is 1. The molecule has 0 bridgehead atoms. The first-order chi connectivity index (χ1) is 16.6. The molecule has 0 aliphatic carbocycles. The number of aromatic nitrogens is 1. The van der Waals surface area contributed by atoms with E-state index in [9.17, 15) is 9.59 Å². The van der Waals surface area contributed by atoms with Crippen LogP contribution in [0, 0.1) is 0 Å². The number of hydrogen-bond donors (Lipinski definition) is 2. The Balaban J connectivity index is 1.65. The highest BCUT2D eigenvalue weighted by Crippen LogP contribution is 2.31. The van der Waals surface area contributed by atoms with Crippen molar-refractivity contribution in [2.45, 2.75) is 6.54 Å². The first-order valence-corrected chi connectivity index (χ1v) is 10.9. The van der Waals surface area contributed by atoms with Gasteiger partial charge in [0.05, 0.1) is 34.6 Å². The lowest BCUT2D eigenvalue weighted by atomic mass is 9.99. The molecular formula is C28H20N2O4. The minimum absolute atomic E-state index is 0.189. The van der Waals surface area contributed by atoms with Gasteiger partial charge in [0, 0.05) is 23.4 Å². The van der Waals surface area contributed by atoms with E-state index in [4.69, 9.17) is 9.15 Å². The molecule has 166 valence electrons. The molecule has 0 spiro atoms. The molecule has 1 heterocycles. The molecule has 6 rings (SSSR count). The van der Waals surface area contributed by atoms with Crippen molar-refractivity contribution >= 4 is 49.4 Å². The summed E-state index contributed by atoms with van der Waals surface area (Å²) in [7, 11) is 1.62. The predicted octanol–water partition coefficient (Wildman–Crippen LogP) is 5.56. The van der Waals surface area contributed by atoms with Crippen LogP contribution in [-0.4, -0.2) is 12.1 Å². The molecule has 34 heavy (non-hydrogen) atoms. The van der Waals surface area contributed by atoms with Gasteiger partial charge in [0.2, 0.25) is 0 Å². The quantitative estimate of drug-likeness (QED) is 0.272. The Morgan fingerprint density at radius 3 is 2.24 bits per heavy atom. The lowest BCUT2D eigenvalue weighted by molar-refractivity contribution is 0.414. The standard InChI is InChI=1S/C28H20N2O4/c1-33-17-12-10-16(11-13-17)15-29-21-14-23-26(30-20-8-4-5-9-22(20)34-23)25-24(21)27(31)18-6-2-3-7-19(18)28(25)32/h2-14,29-30H,15H2,1H3. The van der Waals surface area contributed by atoms with E-state index in [2.05, 4.69) is 10.3 Å². The van der Waals surface area contributed by atoms with E-state index in [1.54, 1.807) is 37.4 Å². The lowest BCUT2D eigenvalue weighted by Gasteiger charge is -2.13. The minimum atomic E-state index is -0.204. The van der Waals surface area contributed by atoms with Crippen LogP contribution in [0.3, 0.4) is 0 Å². The molecule has 0 aliphatic rings. The first-order valence-electron chi connectivity index (χ1n) is 10.9. The van der Waals surface area contributed by atoms with Crippen LogP contribution in [0.1, 0.15) is 5.56 Å². The van der Waals surface area contributed by atoms with E-state index in [1.165, 1.54) is 0 Å². The average Bonchev–Trinajstić information content (AvgIpc) is 2.89. The number of benzene rings is 5. The molecule has 2 N–H and O–H groups in total. The molecule has 6 nitrogen and oxygen atoms in total. The van der Waals surface area contributed by atoms with E-state index < -0.39 is 0 Å². The number of para-hydroxylation sites is 2. The highest BCUT2D eigenvalue weighted by molar-refractivity contribution is 6.14. The summed E-state index contributed by atoms with van der Waals surface area (Å²) in [6.07, 6.45) is 0. The molecule has 0 fully saturated rings. The van der Waals surface area contributed by atoms with Gasteiger partial charge < -0.3 is 19.5 Å². The summed E-state index contributed by atoms with van der Waals surface area (Å²) in [5.74, 6) is 0.769. The Kier molecular flexibility index (Phi) is 4.59. The van der Waals surface area contributed by atoms with Crippen LogP contribution < -0.4 is 20.9 Å². The SMILES string of the molecule is COc1ccc(CNc2cc3oc4ccccc4[nH]c3c3c(=O)c4ccccc4c(=O)c23)cc1. The number of hydrogen-bond acceptors (Lipinski definition) is 5. The van der Waals surface area contributed by atoms with E-state index in [0.29, 0.717) is 50.5 Å². The van der Waals surface area contributed by atoms with Crippen molar-refractivity contribution in [3.63, 3.8) is 0 Å². The third-order valence-corrected chi connectivity index (χ3v) is 6.17. The molecule has 0 aliphatic heterocycles. The maximum atomic E-state index is 13.6. The summed E-state index contributed by atoms with van der Waals surface area (Å²) >= 11 is 0. The van der Waals surface area contributed by atoms with Gasteiger partial charge >= 0.3 is 0 Å². The number of H-pyrrole nitrogens is 1. The van der Waals surface area contributed by atoms with Crippen molar-refractivity contribution in [3.8, 4) is 5.75 Å². The van der Waals surface area contributed by atoms with Crippen LogP contribution in [0.4, 0.5) is 5.69 Å². The topological polar surface area (TPSA) is 84.3 Å². The van der Waals surface area contributed by atoms with E-state index in [0.717, 1.165) is 16.8 Å². The Labute approximate surface area is 193 Å². The van der Waals surface area contributed by atoms with Crippen LogP contribution >= 0.6 is 0 Å². The van der Waals surface area contributed by atoms with E-state index in [1.807, 2.05) is 48.5 Å². The third kappa shape index (κ3) is 3.11. The molecular weight excluding hydrogens is 428 g/mol. The summed E-state index contributed by atoms with van der Waals surface area (Å²) in [6, 6.07) is 23.9. The Morgan fingerprint density at radius 1 is 0.824 bits per heavy atom. The van der Waals surface area contributed by atoms with Gasteiger partial charge in [-0.2, -0.15) is 0 Å². The predicted molar refractivity (Wildman–Crippen MR) is 136 cm³/mol. The minimum Gasteiger partial charge on any atom is -0.497 e. The van der Waals surface area contributed by atoms with Crippen LogP contribution in [-0.2, 0) is 6.54 Å². The second kappa shape index (κ2) is 7.78. The van der Waals surface area contributed by atoms with Crippen molar-refractivity contribution in [2.24, 2.45) is 0 Å². The Morgan fingerprint density at radius 2 is 1.50 bits per heavy atom. The summed E-state index contributed by atoms with van der Waals surface area (Å²) in [5.41, 5.74) is 3.58. The molecule has 0 saturated heterocycles. The van der Waals surface area contributed by atoms with Crippen molar-refractivity contribution in [1.82, 2.24) is 4.98 Å². The Hall–Kier alpha value is -4.58. The number of rotatable bonds is 4. The van der Waals surface area contributed by atoms with Crippen molar-refractivity contribution in [2.75, 3.05) is 12.4 Å². The summed E-state index contributed by atoms with van der Waals surface area (Å²) < 4.78 is 11.4. The van der Waals surface area contributed by atoms with Crippen LogP contribution in [0.15, 0.2) is 92.9 Å². The molecule has 0 amide bonds. The number of nitrogens with one attached hydrogen (secondary N) is 2.